The standard InChI is InChI=1S/C21H24BrN3O3S.ClH/c1-24(2)10-5-11-25(20(26)14-6-8-15(22)9-7-14)21-23-16-12-17(27-3)18(28-4)13-19(16)29-21;/h6-9,12-13H,5,10-11H2,1-4H3;1H. The van der Waals surface area contributed by atoms with Crippen LogP contribution in [-0.4, -0.2) is 57.2 Å². The minimum atomic E-state index is -0.0609. The first-order chi connectivity index (χ1) is 13.9. The number of halogens is 2. The molecule has 0 aliphatic heterocycles. The summed E-state index contributed by atoms with van der Waals surface area (Å²) in [5.41, 5.74) is 1.41. The maximum Gasteiger partial charge on any atom is 0.260 e. The fraction of sp³-hybridized carbons (Fsp3) is 0.333. The molecule has 0 N–H and O–H groups in total. The zero-order chi connectivity index (χ0) is 21.0. The van der Waals surface area contributed by atoms with Crippen LogP contribution in [-0.2, 0) is 0 Å². The summed E-state index contributed by atoms with van der Waals surface area (Å²) in [5.74, 6) is 1.21. The summed E-state index contributed by atoms with van der Waals surface area (Å²) >= 11 is 4.90. The predicted octanol–water partition coefficient (Wildman–Crippen LogP) is 5.10. The highest BCUT2D eigenvalue weighted by Crippen LogP contribution is 2.37. The van der Waals surface area contributed by atoms with Crippen molar-refractivity contribution in [2.24, 2.45) is 0 Å². The Kier molecular flexibility index (Phi) is 8.91. The lowest BCUT2D eigenvalue weighted by atomic mass is 10.2. The Morgan fingerprint density at radius 1 is 1.07 bits per heavy atom. The summed E-state index contributed by atoms with van der Waals surface area (Å²) in [6.45, 7) is 1.47. The van der Waals surface area contributed by atoms with E-state index in [9.17, 15) is 4.79 Å². The number of methoxy groups -OCH3 is 2. The summed E-state index contributed by atoms with van der Waals surface area (Å²) in [6.07, 6.45) is 0.845. The second kappa shape index (κ2) is 10.9. The summed E-state index contributed by atoms with van der Waals surface area (Å²) in [6, 6.07) is 11.1. The van der Waals surface area contributed by atoms with Crippen LogP contribution in [0.1, 0.15) is 16.8 Å². The molecule has 0 aliphatic rings. The first-order valence-electron chi connectivity index (χ1n) is 9.17. The fourth-order valence-corrected chi connectivity index (χ4v) is 4.20. The van der Waals surface area contributed by atoms with Crippen LogP contribution in [0.3, 0.4) is 0 Å². The van der Waals surface area contributed by atoms with E-state index in [0.29, 0.717) is 28.7 Å². The highest BCUT2D eigenvalue weighted by Gasteiger charge is 2.22. The van der Waals surface area contributed by atoms with Gasteiger partial charge in [0, 0.05) is 28.7 Å². The van der Waals surface area contributed by atoms with Crippen LogP contribution in [0.4, 0.5) is 5.13 Å². The normalized spacial score (nSPS) is 10.7. The van der Waals surface area contributed by atoms with E-state index < -0.39 is 0 Å². The summed E-state index contributed by atoms with van der Waals surface area (Å²) in [4.78, 5) is 21.9. The number of anilines is 1. The molecule has 2 aromatic carbocycles. The first-order valence-corrected chi connectivity index (χ1v) is 10.8. The van der Waals surface area contributed by atoms with Gasteiger partial charge in [-0.1, -0.05) is 27.3 Å². The largest absolute Gasteiger partial charge is 0.493 e. The smallest absolute Gasteiger partial charge is 0.260 e. The molecule has 0 spiro atoms. The average molecular weight is 515 g/mol. The topological polar surface area (TPSA) is 54.9 Å². The molecule has 0 saturated heterocycles. The van der Waals surface area contributed by atoms with Crippen LogP contribution < -0.4 is 14.4 Å². The van der Waals surface area contributed by atoms with Gasteiger partial charge in [-0.05, 0) is 51.3 Å². The van der Waals surface area contributed by atoms with Crippen molar-refractivity contribution < 1.29 is 14.3 Å². The van der Waals surface area contributed by atoms with Gasteiger partial charge in [0.25, 0.3) is 5.91 Å². The molecule has 0 atom stereocenters. The van der Waals surface area contributed by atoms with E-state index in [2.05, 4.69) is 20.8 Å². The Morgan fingerprint density at radius 3 is 2.30 bits per heavy atom. The lowest BCUT2D eigenvalue weighted by Gasteiger charge is -2.21. The van der Waals surface area contributed by atoms with Crippen LogP contribution in [0.15, 0.2) is 40.9 Å². The van der Waals surface area contributed by atoms with Gasteiger partial charge < -0.3 is 14.4 Å². The van der Waals surface area contributed by atoms with E-state index in [0.717, 1.165) is 27.7 Å². The Labute approximate surface area is 195 Å². The maximum absolute atomic E-state index is 13.3. The molecule has 3 rings (SSSR count). The molecule has 30 heavy (non-hydrogen) atoms. The number of amides is 1. The first kappa shape index (κ1) is 24.4. The molecule has 0 aliphatic carbocycles. The van der Waals surface area contributed by atoms with Crippen molar-refractivity contribution in [3.8, 4) is 11.5 Å². The van der Waals surface area contributed by atoms with Gasteiger partial charge in [0.2, 0.25) is 0 Å². The van der Waals surface area contributed by atoms with Gasteiger partial charge in [0.05, 0.1) is 24.4 Å². The van der Waals surface area contributed by atoms with Crippen LogP contribution in [0.25, 0.3) is 10.2 Å². The Bertz CT molecular complexity index is 954. The van der Waals surface area contributed by atoms with E-state index >= 15 is 0 Å². The number of benzene rings is 2. The SMILES string of the molecule is COc1cc2nc(N(CCCN(C)C)C(=O)c3ccc(Br)cc3)sc2cc1OC.Cl. The maximum atomic E-state index is 13.3. The Balaban J connectivity index is 0.00000320. The second-order valence-electron chi connectivity index (χ2n) is 6.79. The number of fused-ring (bicyclic) bond motifs is 1. The highest BCUT2D eigenvalue weighted by molar-refractivity contribution is 9.10. The lowest BCUT2D eigenvalue weighted by molar-refractivity contribution is 0.0986. The number of thiazole rings is 1. The van der Waals surface area contributed by atoms with E-state index in [-0.39, 0.29) is 18.3 Å². The van der Waals surface area contributed by atoms with E-state index in [4.69, 9.17) is 14.5 Å². The van der Waals surface area contributed by atoms with Crippen molar-refractivity contribution in [1.82, 2.24) is 9.88 Å². The van der Waals surface area contributed by atoms with Crippen molar-refractivity contribution in [2.45, 2.75) is 6.42 Å². The number of nitrogens with zero attached hydrogens (tertiary/aromatic N) is 3. The van der Waals surface area contributed by atoms with Crippen LogP contribution in [0.2, 0.25) is 0 Å². The zero-order valence-electron chi connectivity index (χ0n) is 17.3. The molecule has 0 unspecified atom stereocenters. The van der Waals surface area contributed by atoms with Crippen LogP contribution in [0, 0.1) is 0 Å². The van der Waals surface area contributed by atoms with Crippen molar-refractivity contribution in [3.63, 3.8) is 0 Å². The Hall–Kier alpha value is -1.87. The molecule has 6 nitrogen and oxygen atoms in total. The number of hydrogen-bond donors (Lipinski definition) is 0. The number of carbonyl (C=O) groups is 1. The van der Waals surface area contributed by atoms with E-state index in [1.54, 1.807) is 19.1 Å². The predicted molar refractivity (Wildman–Crippen MR) is 129 cm³/mol. The number of rotatable bonds is 8. The van der Waals surface area contributed by atoms with Gasteiger partial charge in [-0.25, -0.2) is 4.98 Å². The highest BCUT2D eigenvalue weighted by atomic mass is 79.9. The molecule has 3 aromatic rings. The summed E-state index contributed by atoms with van der Waals surface area (Å²) < 4.78 is 12.7. The molecule has 1 heterocycles. The van der Waals surface area contributed by atoms with Gasteiger partial charge in [0.1, 0.15) is 0 Å². The van der Waals surface area contributed by atoms with E-state index in [1.165, 1.54) is 11.3 Å². The monoisotopic (exact) mass is 513 g/mol. The van der Waals surface area contributed by atoms with Crippen molar-refractivity contribution in [2.75, 3.05) is 46.3 Å². The minimum absolute atomic E-state index is 0. The van der Waals surface area contributed by atoms with Gasteiger partial charge in [-0.15, -0.1) is 12.4 Å². The van der Waals surface area contributed by atoms with Crippen molar-refractivity contribution >= 4 is 60.9 Å². The van der Waals surface area contributed by atoms with Crippen molar-refractivity contribution in [3.05, 3.63) is 46.4 Å². The molecule has 0 bridgehead atoms. The number of aromatic nitrogens is 1. The van der Waals surface area contributed by atoms with Gasteiger partial charge in [0.15, 0.2) is 16.6 Å². The van der Waals surface area contributed by atoms with Gasteiger partial charge in [-0.3, -0.25) is 9.69 Å². The van der Waals surface area contributed by atoms with Crippen molar-refractivity contribution in [1.29, 1.82) is 0 Å². The number of hydrogen-bond acceptors (Lipinski definition) is 6. The van der Waals surface area contributed by atoms with E-state index in [1.807, 2.05) is 50.5 Å². The molecular formula is C21H25BrClN3O3S. The zero-order valence-corrected chi connectivity index (χ0v) is 20.6. The molecule has 162 valence electrons. The van der Waals surface area contributed by atoms with Gasteiger partial charge in [-0.2, -0.15) is 0 Å². The molecule has 1 aromatic heterocycles. The third-order valence-electron chi connectivity index (χ3n) is 4.44. The molecule has 1 amide bonds. The van der Waals surface area contributed by atoms with Crippen LogP contribution in [0.5, 0.6) is 11.5 Å². The number of ether oxygens (including phenoxy) is 2. The fourth-order valence-electron chi connectivity index (χ4n) is 2.94. The minimum Gasteiger partial charge on any atom is -0.493 e. The molecule has 9 heteroatoms. The molecule has 0 saturated carbocycles. The molecule has 0 radical (unpaired) electrons. The Morgan fingerprint density at radius 2 is 1.70 bits per heavy atom. The molecule has 0 fully saturated rings. The molecular weight excluding hydrogens is 490 g/mol. The van der Waals surface area contributed by atoms with Gasteiger partial charge >= 0.3 is 0 Å². The third kappa shape index (κ3) is 5.63. The lowest BCUT2D eigenvalue weighted by Crippen LogP contribution is -2.33. The summed E-state index contributed by atoms with van der Waals surface area (Å²) in [7, 11) is 7.26. The quantitative estimate of drug-likeness (QED) is 0.419. The average Bonchev–Trinajstić information content (AvgIpc) is 3.12. The summed E-state index contributed by atoms with van der Waals surface area (Å²) in [5, 5.41) is 0.669. The third-order valence-corrected chi connectivity index (χ3v) is 6.01. The second-order valence-corrected chi connectivity index (χ2v) is 8.72. The number of carbonyl (C=O) groups excluding carboxylic acids is 1. The van der Waals surface area contributed by atoms with Crippen LogP contribution >= 0.6 is 39.7 Å².